The number of furan rings is 1. The first kappa shape index (κ1) is 18.6. The van der Waals surface area contributed by atoms with E-state index in [1.807, 2.05) is 25.1 Å². The third-order valence-electron chi connectivity index (χ3n) is 5.24. The zero-order valence-electron chi connectivity index (χ0n) is 16.0. The lowest BCUT2D eigenvalue weighted by Gasteiger charge is -2.36. The summed E-state index contributed by atoms with van der Waals surface area (Å²) in [6.45, 7) is 6.23. The molecule has 4 rings (SSSR count). The molecule has 8 heteroatoms. The molecule has 0 saturated carbocycles. The van der Waals surface area contributed by atoms with Crippen molar-refractivity contribution in [1.82, 2.24) is 14.5 Å². The van der Waals surface area contributed by atoms with Crippen LogP contribution in [-0.4, -0.2) is 46.5 Å². The van der Waals surface area contributed by atoms with Crippen LogP contribution >= 0.6 is 11.6 Å². The van der Waals surface area contributed by atoms with E-state index in [0.29, 0.717) is 42.5 Å². The molecule has 1 aliphatic heterocycles. The quantitative estimate of drug-likeness (QED) is 0.661. The van der Waals surface area contributed by atoms with Crippen molar-refractivity contribution in [2.45, 2.75) is 13.8 Å². The van der Waals surface area contributed by atoms with Crippen molar-refractivity contribution in [3.63, 3.8) is 0 Å². The minimum atomic E-state index is -0.279. The van der Waals surface area contributed by atoms with E-state index in [1.165, 1.54) is 10.9 Å². The maximum Gasteiger partial charge on any atom is 0.265 e. The van der Waals surface area contributed by atoms with E-state index >= 15 is 0 Å². The number of halogens is 1. The summed E-state index contributed by atoms with van der Waals surface area (Å²) in [5, 5.41) is 0.948. The molecule has 0 radical (unpaired) electrons. The van der Waals surface area contributed by atoms with Crippen LogP contribution in [0.4, 0.5) is 5.69 Å². The highest BCUT2D eigenvalue weighted by molar-refractivity contribution is 6.30. The van der Waals surface area contributed by atoms with Gasteiger partial charge in [0.25, 0.3) is 11.5 Å². The summed E-state index contributed by atoms with van der Waals surface area (Å²) in [5.41, 5.74) is 2.48. The molecule has 2 aromatic heterocycles. The van der Waals surface area contributed by atoms with Crippen molar-refractivity contribution in [3.8, 4) is 0 Å². The number of nitrogens with zero attached hydrogens (tertiary/aromatic N) is 4. The molecular formula is C20H21ClN4O3. The van der Waals surface area contributed by atoms with E-state index in [-0.39, 0.29) is 22.6 Å². The first-order valence-corrected chi connectivity index (χ1v) is 9.49. The van der Waals surface area contributed by atoms with Crippen molar-refractivity contribution >= 4 is 34.3 Å². The Hall–Kier alpha value is -2.80. The molecule has 146 valence electrons. The Kier molecular flexibility index (Phi) is 4.63. The van der Waals surface area contributed by atoms with E-state index < -0.39 is 0 Å². The zero-order valence-corrected chi connectivity index (χ0v) is 16.8. The molecule has 0 aliphatic carbocycles. The highest BCUT2D eigenvalue weighted by Crippen LogP contribution is 2.27. The van der Waals surface area contributed by atoms with Crippen LogP contribution in [0, 0.1) is 13.8 Å². The van der Waals surface area contributed by atoms with Crippen LogP contribution in [0.15, 0.2) is 33.7 Å². The number of carbonyl (C=O) groups excluding carboxylic acids is 1. The lowest BCUT2D eigenvalue weighted by atomic mass is 10.1. The summed E-state index contributed by atoms with van der Waals surface area (Å²) in [7, 11) is 1.61. The van der Waals surface area contributed by atoms with Gasteiger partial charge in [-0.05, 0) is 31.5 Å². The third kappa shape index (κ3) is 3.05. The number of aromatic nitrogens is 2. The monoisotopic (exact) mass is 400 g/mol. The molecule has 3 aromatic rings. The predicted octanol–water partition coefficient (Wildman–Crippen LogP) is 2.76. The Morgan fingerprint density at radius 1 is 1.18 bits per heavy atom. The molecule has 28 heavy (non-hydrogen) atoms. The molecule has 1 aliphatic rings. The molecule has 7 nitrogen and oxygen atoms in total. The smallest absolute Gasteiger partial charge is 0.265 e. The van der Waals surface area contributed by atoms with Crippen LogP contribution in [0.3, 0.4) is 0 Å². The third-order valence-corrected chi connectivity index (χ3v) is 5.48. The fourth-order valence-electron chi connectivity index (χ4n) is 3.68. The topological polar surface area (TPSA) is 71.6 Å². The molecule has 1 aromatic carbocycles. The number of piperazine rings is 1. The van der Waals surface area contributed by atoms with Crippen molar-refractivity contribution < 1.29 is 9.21 Å². The first-order valence-electron chi connectivity index (χ1n) is 9.12. The Morgan fingerprint density at radius 3 is 2.61 bits per heavy atom. The van der Waals surface area contributed by atoms with Gasteiger partial charge in [-0.3, -0.25) is 9.59 Å². The van der Waals surface area contributed by atoms with Gasteiger partial charge in [0, 0.05) is 43.9 Å². The maximum atomic E-state index is 13.2. The molecule has 0 unspecified atom stereocenters. The number of carbonyl (C=O) groups is 1. The van der Waals surface area contributed by atoms with Gasteiger partial charge in [0.05, 0.1) is 5.56 Å². The zero-order chi connectivity index (χ0) is 20.0. The van der Waals surface area contributed by atoms with E-state index in [1.54, 1.807) is 18.9 Å². The number of aryl methyl sites for hydroxylation is 3. The molecule has 1 saturated heterocycles. The van der Waals surface area contributed by atoms with E-state index in [0.717, 1.165) is 11.3 Å². The van der Waals surface area contributed by atoms with Crippen LogP contribution in [0.1, 0.15) is 21.7 Å². The average molecular weight is 401 g/mol. The van der Waals surface area contributed by atoms with Gasteiger partial charge in [-0.25, -0.2) is 4.98 Å². The van der Waals surface area contributed by atoms with Crippen LogP contribution in [0.25, 0.3) is 11.1 Å². The predicted molar refractivity (Wildman–Crippen MR) is 108 cm³/mol. The van der Waals surface area contributed by atoms with Gasteiger partial charge in [-0.1, -0.05) is 17.7 Å². The lowest BCUT2D eigenvalue weighted by Crippen LogP contribution is -2.49. The van der Waals surface area contributed by atoms with Gasteiger partial charge in [-0.2, -0.15) is 0 Å². The fraction of sp³-hybridized carbons (Fsp3) is 0.350. The Balaban J connectivity index is 1.59. The van der Waals surface area contributed by atoms with Crippen molar-refractivity contribution in [2.75, 3.05) is 31.1 Å². The van der Waals surface area contributed by atoms with Crippen molar-refractivity contribution in [3.05, 3.63) is 56.8 Å². The number of benzene rings is 1. The number of rotatable bonds is 2. The summed E-state index contributed by atoms with van der Waals surface area (Å²) in [6, 6.07) is 5.83. The Bertz CT molecular complexity index is 1130. The van der Waals surface area contributed by atoms with Gasteiger partial charge in [0.1, 0.15) is 17.5 Å². The summed E-state index contributed by atoms with van der Waals surface area (Å²) >= 11 is 6.14. The summed E-state index contributed by atoms with van der Waals surface area (Å²) < 4.78 is 6.92. The molecular weight excluding hydrogens is 380 g/mol. The van der Waals surface area contributed by atoms with Gasteiger partial charge in [0.2, 0.25) is 5.71 Å². The largest absolute Gasteiger partial charge is 0.442 e. The molecule has 1 amide bonds. The number of hydrogen-bond acceptors (Lipinski definition) is 5. The highest BCUT2D eigenvalue weighted by atomic mass is 35.5. The van der Waals surface area contributed by atoms with Crippen LogP contribution < -0.4 is 10.5 Å². The molecule has 1 fully saturated rings. The van der Waals surface area contributed by atoms with Crippen molar-refractivity contribution in [1.29, 1.82) is 0 Å². The maximum absolute atomic E-state index is 13.2. The van der Waals surface area contributed by atoms with E-state index in [4.69, 9.17) is 16.0 Å². The number of hydrogen-bond donors (Lipinski definition) is 0. The SMILES string of the molecule is Cc1ccc(Cl)cc1N1CCN(C(=O)c2c(C)oc3ncn(C)c(=O)c23)CC1. The number of anilines is 1. The standard InChI is InChI=1S/C20H21ClN4O3/c1-12-4-5-14(21)10-15(12)24-6-8-25(9-7-24)20(27)16-13(2)28-18-17(16)19(26)23(3)11-22-18/h4-5,10-11H,6-9H2,1-3H3. The van der Waals surface area contributed by atoms with Gasteiger partial charge in [0.15, 0.2) is 0 Å². The molecule has 0 atom stereocenters. The van der Waals surface area contributed by atoms with E-state index in [9.17, 15) is 9.59 Å². The van der Waals surface area contributed by atoms with Crippen LogP contribution in [0.5, 0.6) is 0 Å². The summed E-state index contributed by atoms with van der Waals surface area (Å²) in [4.78, 5) is 33.8. The van der Waals surface area contributed by atoms with Crippen LogP contribution in [-0.2, 0) is 7.05 Å². The van der Waals surface area contributed by atoms with Crippen LogP contribution in [0.2, 0.25) is 5.02 Å². The van der Waals surface area contributed by atoms with Gasteiger partial charge in [-0.15, -0.1) is 0 Å². The number of fused-ring (bicyclic) bond motifs is 1. The van der Waals surface area contributed by atoms with Gasteiger partial charge < -0.3 is 18.8 Å². The lowest BCUT2D eigenvalue weighted by molar-refractivity contribution is 0.0746. The first-order chi connectivity index (χ1) is 13.4. The summed E-state index contributed by atoms with van der Waals surface area (Å²) in [5.74, 6) is 0.229. The van der Waals surface area contributed by atoms with Gasteiger partial charge >= 0.3 is 0 Å². The molecule has 0 spiro atoms. The molecule has 0 bridgehead atoms. The number of amides is 1. The average Bonchev–Trinajstić information content (AvgIpc) is 3.03. The summed E-state index contributed by atoms with van der Waals surface area (Å²) in [6.07, 6.45) is 1.40. The highest BCUT2D eigenvalue weighted by Gasteiger charge is 2.29. The minimum Gasteiger partial charge on any atom is -0.442 e. The second kappa shape index (κ2) is 6.98. The normalized spacial score (nSPS) is 14.7. The molecule has 3 heterocycles. The minimum absolute atomic E-state index is 0.191. The van der Waals surface area contributed by atoms with E-state index in [2.05, 4.69) is 9.88 Å². The second-order valence-corrected chi connectivity index (χ2v) is 7.52. The second-order valence-electron chi connectivity index (χ2n) is 7.08. The molecule has 0 N–H and O–H groups in total. The van der Waals surface area contributed by atoms with Crippen molar-refractivity contribution in [2.24, 2.45) is 7.05 Å². The Labute approximate surface area is 167 Å². The Morgan fingerprint density at radius 2 is 1.89 bits per heavy atom. The fourth-order valence-corrected chi connectivity index (χ4v) is 3.84.